The highest BCUT2D eigenvalue weighted by Crippen LogP contribution is 2.44. The number of allylic oxidation sites excluding steroid dienone is 2. The van der Waals surface area contributed by atoms with Gasteiger partial charge >= 0.3 is 6.97 Å². The van der Waals surface area contributed by atoms with E-state index in [2.05, 4.69) is 61.0 Å². The van der Waals surface area contributed by atoms with Crippen molar-refractivity contribution in [1.82, 2.24) is 4.48 Å². The molecule has 0 saturated heterocycles. The highest BCUT2D eigenvalue weighted by atomic mass is 79.9. The molecule has 3 heterocycles. The molecule has 2 aromatic rings. The van der Waals surface area contributed by atoms with Gasteiger partial charge in [-0.15, -0.1) is 0 Å². The third kappa shape index (κ3) is 2.75. The van der Waals surface area contributed by atoms with Gasteiger partial charge in [0.1, 0.15) is 5.71 Å². The highest BCUT2D eigenvalue weighted by Gasteiger charge is 2.54. The van der Waals surface area contributed by atoms with Crippen LogP contribution in [0.5, 0.6) is 0 Å². The number of nitrogens with zero attached hydrogens (tertiary/aromatic N) is 2. The molecule has 6 heteroatoms. The van der Waals surface area contributed by atoms with Crippen molar-refractivity contribution >= 4 is 34.7 Å². The molecule has 152 valence electrons. The first-order valence-corrected chi connectivity index (χ1v) is 10.7. The molecule has 0 atom stereocenters. The van der Waals surface area contributed by atoms with E-state index in [1.54, 1.807) is 13.8 Å². The second-order valence-corrected chi connectivity index (χ2v) is 9.97. The molecule has 0 saturated carbocycles. The quantitative estimate of drug-likeness (QED) is 0.415. The third-order valence-corrected chi connectivity index (χ3v) is 7.45. The van der Waals surface area contributed by atoms with Crippen LogP contribution in [0.2, 0.25) is 0 Å². The van der Waals surface area contributed by atoms with Crippen LogP contribution < -0.4 is 0 Å². The molecule has 0 radical (unpaired) electrons. The summed E-state index contributed by atoms with van der Waals surface area (Å²) in [5.74, 6) is 0. The Morgan fingerprint density at radius 2 is 1.59 bits per heavy atom. The number of benzene rings is 1. The van der Waals surface area contributed by atoms with E-state index in [4.69, 9.17) is 0 Å². The fourth-order valence-corrected chi connectivity index (χ4v) is 5.09. The van der Waals surface area contributed by atoms with Gasteiger partial charge in [0.05, 0.1) is 4.48 Å². The number of hydrogen-bond donors (Lipinski definition) is 0. The Morgan fingerprint density at radius 3 is 2.14 bits per heavy atom. The van der Waals surface area contributed by atoms with Crippen LogP contribution in [0.3, 0.4) is 0 Å². The fraction of sp³-hybridized carbons (Fsp3) is 0.348. The first kappa shape index (κ1) is 20.3. The lowest BCUT2D eigenvalue weighted by Gasteiger charge is -2.30. The predicted octanol–water partition coefficient (Wildman–Crippen LogP) is 6.80. The first-order valence-electron chi connectivity index (χ1n) is 9.93. The maximum absolute atomic E-state index is 15.8. The van der Waals surface area contributed by atoms with Gasteiger partial charge in [0.25, 0.3) is 0 Å². The van der Waals surface area contributed by atoms with Crippen molar-refractivity contribution < 1.29 is 13.1 Å². The largest absolute Gasteiger partial charge is 0.737 e. The molecule has 1 aromatic heterocycles. The van der Waals surface area contributed by atoms with Crippen LogP contribution in [0.4, 0.5) is 8.63 Å². The fourth-order valence-electron chi connectivity index (χ4n) is 4.49. The Balaban J connectivity index is 1.99. The van der Waals surface area contributed by atoms with Crippen molar-refractivity contribution in [2.75, 3.05) is 0 Å². The van der Waals surface area contributed by atoms with Gasteiger partial charge < -0.3 is 17.6 Å². The second kappa shape index (κ2) is 6.27. The summed E-state index contributed by atoms with van der Waals surface area (Å²) < 4.78 is 34.8. The Labute approximate surface area is 179 Å². The zero-order valence-electron chi connectivity index (χ0n) is 18.0. The zero-order chi connectivity index (χ0) is 21.5. The number of fused-ring (bicyclic) bond motifs is 2. The molecule has 2 aliphatic rings. The molecule has 1 aromatic carbocycles. The molecule has 0 N–H and O–H groups in total. The maximum Gasteiger partial charge on any atom is 0.737 e. The van der Waals surface area contributed by atoms with Crippen molar-refractivity contribution in [3.8, 4) is 11.1 Å². The van der Waals surface area contributed by atoms with Gasteiger partial charge in [-0.3, -0.25) is 0 Å². The summed E-state index contributed by atoms with van der Waals surface area (Å²) in [6.45, 7) is 9.92. The average Bonchev–Trinajstić information content (AvgIpc) is 3.01. The molecule has 2 aliphatic heterocycles. The average molecular weight is 459 g/mol. The van der Waals surface area contributed by atoms with Crippen molar-refractivity contribution in [3.63, 3.8) is 0 Å². The molecule has 4 rings (SSSR count). The molecule has 0 fully saturated rings. The van der Waals surface area contributed by atoms with Crippen LogP contribution in [0.15, 0.2) is 40.0 Å². The van der Waals surface area contributed by atoms with Gasteiger partial charge in [0, 0.05) is 29.8 Å². The molecular formula is C23H26BBrF2N2. The Kier molecular flexibility index (Phi) is 4.40. The van der Waals surface area contributed by atoms with Gasteiger partial charge in [-0.25, -0.2) is 0 Å². The lowest BCUT2D eigenvalue weighted by Crippen LogP contribution is -2.50. The van der Waals surface area contributed by atoms with Crippen LogP contribution in [0, 0.1) is 13.8 Å². The summed E-state index contributed by atoms with van der Waals surface area (Å²) in [5, 5.41) is 0. The minimum absolute atomic E-state index is 0.0483. The summed E-state index contributed by atoms with van der Waals surface area (Å²) in [4.78, 5) is 0. The van der Waals surface area contributed by atoms with Gasteiger partial charge in [0.2, 0.25) is 0 Å². The lowest BCUT2D eigenvalue weighted by atomic mass is 9.85. The van der Waals surface area contributed by atoms with Crippen molar-refractivity contribution in [1.29, 1.82) is 0 Å². The molecule has 2 nitrogen and oxygen atoms in total. The summed E-state index contributed by atoms with van der Waals surface area (Å²) >= 11 is 3.54. The summed E-state index contributed by atoms with van der Waals surface area (Å²) in [7, 11) is 0. The lowest BCUT2D eigenvalue weighted by molar-refractivity contribution is -0.362. The molecule has 0 spiro atoms. The second-order valence-electron chi connectivity index (χ2n) is 9.18. The molecule has 0 bridgehead atoms. The predicted molar refractivity (Wildman–Crippen MR) is 122 cm³/mol. The van der Waals surface area contributed by atoms with Crippen molar-refractivity contribution in [2.24, 2.45) is 0 Å². The minimum atomic E-state index is -3.97. The van der Waals surface area contributed by atoms with Crippen LogP contribution in [0.25, 0.3) is 17.2 Å². The number of aromatic nitrogens is 1. The number of halogens is 3. The molecule has 0 aliphatic carbocycles. The van der Waals surface area contributed by atoms with Gasteiger partial charge in [0.15, 0.2) is 5.70 Å². The van der Waals surface area contributed by atoms with Gasteiger partial charge in [-0.1, -0.05) is 45.0 Å². The molecule has 29 heavy (non-hydrogen) atoms. The van der Waals surface area contributed by atoms with E-state index in [0.717, 1.165) is 26.7 Å². The van der Waals surface area contributed by atoms with E-state index in [0.29, 0.717) is 22.8 Å². The molecule has 0 unspecified atom stereocenters. The van der Waals surface area contributed by atoms with Gasteiger partial charge in [-0.05, 0) is 64.5 Å². The topological polar surface area (TPSA) is 7.94 Å². The molecular weight excluding hydrogens is 433 g/mol. The van der Waals surface area contributed by atoms with Crippen LogP contribution in [-0.2, 0) is 5.41 Å². The van der Waals surface area contributed by atoms with E-state index in [-0.39, 0.29) is 5.41 Å². The Bertz CT molecular complexity index is 1140. The highest BCUT2D eigenvalue weighted by molar-refractivity contribution is 9.12. The van der Waals surface area contributed by atoms with Crippen LogP contribution in [0.1, 0.15) is 57.1 Å². The van der Waals surface area contributed by atoms with E-state index >= 15 is 8.63 Å². The van der Waals surface area contributed by atoms with Crippen molar-refractivity contribution in [2.45, 2.75) is 53.9 Å². The number of rotatable bonds is 1. The maximum atomic E-state index is 15.8. The summed E-state index contributed by atoms with van der Waals surface area (Å²) in [6.07, 6.45) is 1.90. The molecule has 0 amide bonds. The Morgan fingerprint density at radius 1 is 1.00 bits per heavy atom. The summed E-state index contributed by atoms with van der Waals surface area (Å²) in [5.41, 5.74) is 7.23. The Hall–Kier alpha value is -1.95. The monoisotopic (exact) mass is 458 g/mol. The van der Waals surface area contributed by atoms with Crippen LogP contribution in [-0.4, -0.2) is 21.6 Å². The minimum Gasteiger partial charge on any atom is -0.393 e. The van der Waals surface area contributed by atoms with Gasteiger partial charge in [-0.2, -0.15) is 0 Å². The smallest absolute Gasteiger partial charge is 0.393 e. The van der Waals surface area contributed by atoms with E-state index in [1.165, 1.54) is 14.5 Å². The normalized spacial score (nSPS) is 18.2. The van der Waals surface area contributed by atoms with E-state index in [1.807, 2.05) is 19.9 Å². The first-order chi connectivity index (χ1) is 13.4. The van der Waals surface area contributed by atoms with E-state index in [9.17, 15) is 0 Å². The number of hydrogen-bond acceptors (Lipinski definition) is 0. The third-order valence-electron chi connectivity index (χ3n) is 6.45. The summed E-state index contributed by atoms with van der Waals surface area (Å²) in [6, 6.07) is 8.32. The SMILES string of the molecule is CC1=C(Br)C2=Cc3c(-c4ccc(C(C)(C)C)cc4)c(C)c(C)n3[B-](F)(F)[N+]2=C1C. The van der Waals surface area contributed by atoms with E-state index < -0.39 is 6.97 Å². The zero-order valence-corrected chi connectivity index (χ0v) is 19.6. The van der Waals surface area contributed by atoms with Crippen LogP contribution >= 0.6 is 15.9 Å². The standard InChI is InChI=1S/C23H26BBrF2N2/c1-13-15(3)28-19(21(13)17-8-10-18(11-9-17)23(5,6)7)12-20-22(25)14(2)16(4)29(20)24(28,26)27/h8-12H,1-7H3. The van der Waals surface area contributed by atoms with Crippen molar-refractivity contribution in [3.05, 3.63) is 62.5 Å².